The van der Waals surface area contributed by atoms with E-state index in [1.165, 1.54) is 24.3 Å². The van der Waals surface area contributed by atoms with Gasteiger partial charge in [0.2, 0.25) is 0 Å². The highest BCUT2D eigenvalue weighted by molar-refractivity contribution is 7.90. The molecule has 0 aliphatic carbocycles. The van der Waals surface area contributed by atoms with Crippen LogP contribution in [-0.2, 0) is 9.84 Å². The van der Waals surface area contributed by atoms with Crippen molar-refractivity contribution < 1.29 is 17.6 Å². The van der Waals surface area contributed by atoms with Crippen molar-refractivity contribution in [2.45, 2.75) is 10.9 Å². The largest absolute Gasteiger partial charge is 0.467 e. The fraction of sp³-hybridized carbons (Fsp3) is 0.105. The minimum absolute atomic E-state index is 0.176. The fourth-order valence-corrected chi connectivity index (χ4v) is 3.12. The Labute approximate surface area is 146 Å². The molecule has 0 bridgehead atoms. The molecule has 0 spiro atoms. The number of carbonyl (C=O) groups excluding carboxylic acids is 1. The molecule has 5 nitrogen and oxygen atoms in total. The van der Waals surface area contributed by atoms with Crippen molar-refractivity contribution in [3.63, 3.8) is 0 Å². The van der Waals surface area contributed by atoms with Crippen LogP contribution in [0.3, 0.4) is 0 Å². The Morgan fingerprint density at radius 2 is 1.64 bits per heavy atom. The van der Waals surface area contributed by atoms with Crippen LogP contribution in [0, 0.1) is 0 Å². The molecule has 0 radical (unpaired) electrons. The Balaban J connectivity index is 1.86. The van der Waals surface area contributed by atoms with Gasteiger partial charge in [-0.2, -0.15) is 0 Å². The number of amides is 1. The van der Waals surface area contributed by atoms with E-state index in [4.69, 9.17) is 4.42 Å². The number of furan rings is 1. The first-order valence-corrected chi connectivity index (χ1v) is 9.53. The Kier molecular flexibility index (Phi) is 4.72. The number of hydrogen-bond acceptors (Lipinski definition) is 4. The quantitative estimate of drug-likeness (QED) is 0.762. The van der Waals surface area contributed by atoms with Crippen molar-refractivity contribution in [2.75, 3.05) is 6.26 Å². The van der Waals surface area contributed by atoms with Gasteiger partial charge in [-0.25, -0.2) is 8.42 Å². The molecule has 1 atom stereocenters. The van der Waals surface area contributed by atoms with Crippen molar-refractivity contribution in [3.05, 3.63) is 89.9 Å². The minimum atomic E-state index is -3.29. The highest BCUT2D eigenvalue weighted by atomic mass is 32.2. The van der Waals surface area contributed by atoms with E-state index in [1.807, 2.05) is 30.3 Å². The van der Waals surface area contributed by atoms with Crippen LogP contribution in [-0.4, -0.2) is 20.6 Å². The van der Waals surface area contributed by atoms with E-state index in [-0.39, 0.29) is 10.8 Å². The summed E-state index contributed by atoms with van der Waals surface area (Å²) in [4.78, 5) is 12.8. The molecule has 0 saturated heterocycles. The third kappa shape index (κ3) is 3.97. The standard InChI is InChI=1S/C19H17NO4S/c1-25(22,23)16-11-9-15(10-12-16)19(21)20-18(17-8-5-13-24-17)14-6-3-2-4-7-14/h2-13,18H,1H3,(H,20,21). The first kappa shape index (κ1) is 17.0. The van der Waals surface area contributed by atoms with Crippen LogP contribution in [0.2, 0.25) is 0 Å². The van der Waals surface area contributed by atoms with Gasteiger partial charge in [-0.05, 0) is 42.0 Å². The number of hydrogen-bond donors (Lipinski definition) is 1. The summed E-state index contributed by atoms with van der Waals surface area (Å²) < 4.78 is 28.5. The van der Waals surface area contributed by atoms with Crippen molar-refractivity contribution in [2.24, 2.45) is 0 Å². The first-order valence-electron chi connectivity index (χ1n) is 7.64. The van der Waals surface area contributed by atoms with Crippen LogP contribution < -0.4 is 5.32 Å². The minimum Gasteiger partial charge on any atom is -0.467 e. The Bertz CT molecular complexity index is 946. The van der Waals surface area contributed by atoms with Crippen LogP contribution in [0.25, 0.3) is 0 Å². The first-order chi connectivity index (χ1) is 11.9. The summed E-state index contributed by atoms with van der Waals surface area (Å²) in [6, 6.07) is 18.4. The van der Waals surface area contributed by atoms with E-state index < -0.39 is 15.9 Å². The number of benzene rings is 2. The summed E-state index contributed by atoms with van der Waals surface area (Å²) in [5.74, 6) is 0.303. The topological polar surface area (TPSA) is 76.4 Å². The van der Waals surface area contributed by atoms with Crippen LogP contribution in [0.5, 0.6) is 0 Å². The molecule has 0 saturated carbocycles. The maximum atomic E-state index is 12.6. The summed E-state index contributed by atoms with van der Waals surface area (Å²) in [7, 11) is -3.29. The van der Waals surface area contributed by atoms with Gasteiger partial charge in [0.25, 0.3) is 5.91 Å². The molecule has 1 unspecified atom stereocenters. The molecule has 6 heteroatoms. The predicted molar refractivity (Wildman–Crippen MR) is 94.0 cm³/mol. The maximum absolute atomic E-state index is 12.6. The molecule has 3 rings (SSSR count). The molecule has 2 aromatic carbocycles. The smallest absolute Gasteiger partial charge is 0.252 e. The van der Waals surface area contributed by atoms with Crippen LogP contribution >= 0.6 is 0 Å². The van der Waals surface area contributed by atoms with Crippen molar-refractivity contribution in [1.82, 2.24) is 5.32 Å². The van der Waals surface area contributed by atoms with Crippen LogP contribution in [0.15, 0.2) is 82.3 Å². The van der Waals surface area contributed by atoms with Gasteiger partial charge >= 0.3 is 0 Å². The van der Waals surface area contributed by atoms with Crippen molar-refractivity contribution in [1.29, 1.82) is 0 Å². The van der Waals surface area contributed by atoms with Gasteiger partial charge in [0.1, 0.15) is 11.8 Å². The molecule has 0 fully saturated rings. The van der Waals surface area contributed by atoms with Crippen LogP contribution in [0.1, 0.15) is 27.7 Å². The molecular formula is C19H17NO4S. The monoisotopic (exact) mass is 355 g/mol. The molecule has 128 valence electrons. The highest BCUT2D eigenvalue weighted by Gasteiger charge is 2.20. The SMILES string of the molecule is CS(=O)(=O)c1ccc(C(=O)NC(c2ccccc2)c2ccco2)cc1. The van der Waals surface area contributed by atoms with E-state index in [0.717, 1.165) is 11.8 Å². The van der Waals surface area contributed by atoms with Gasteiger partial charge in [-0.1, -0.05) is 30.3 Å². The number of rotatable bonds is 5. The van der Waals surface area contributed by atoms with E-state index in [9.17, 15) is 13.2 Å². The summed E-state index contributed by atoms with van der Waals surface area (Å²) in [5.41, 5.74) is 1.26. The molecule has 1 heterocycles. The molecule has 1 N–H and O–H groups in total. The lowest BCUT2D eigenvalue weighted by Crippen LogP contribution is -2.29. The zero-order valence-corrected chi connectivity index (χ0v) is 14.4. The van der Waals surface area contributed by atoms with E-state index in [0.29, 0.717) is 11.3 Å². The third-order valence-electron chi connectivity index (χ3n) is 3.78. The van der Waals surface area contributed by atoms with Crippen molar-refractivity contribution in [3.8, 4) is 0 Å². The zero-order chi connectivity index (χ0) is 17.9. The molecule has 25 heavy (non-hydrogen) atoms. The average Bonchev–Trinajstić information content (AvgIpc) is 3.14. The second kappa shape index (κ2) is 6.94. The highest BCUT2D eigenvalue weighted by Crippen LogP contribution is 2.23. The number of sulfone groups is 1. The zero-order valence-electron chi connectivity index (χ0n) is 13.5. The van der Waals surface area contributed by atoms with E-state index in [2.05, 4.69) is 5.32 Å². The van der Waals surface area contributed by atoms with Crippen molar-refractivity contribution >= 4 is 15.7 Å². The van der Waals surface area contributed by atoms with Gasteiger partial charge in [-0.3, -0.25) is 4.79 Å². The lowest BCUT2D eigenvalue weighted by molar-refractivity contribution is 0.0939. The molecule has 3 aromatic rings. The number of nitrogens with one attached hydrogen (secondary N) is 1. The van der Waals surface area contributed by atoms with Gasteiger partial charge in [-0.15, -0.1) is 0 Å². The number of carbonyl (C=O) groups is 1. The molecular weight excluding hydrogens is 338 g/mol. The van der Waals surface area contributed by atoms with E-state index in [1.54, 1.807) is 18.4 Å². The van der Waals surface area contributed by atoms with Gasteiger partial charge < -0.3 is 9.73 Å². The molecule has 0 aliphatic rings. The van der Waals surface area contributed by atoms with E-state index >= 15 is 0 Å². The summed E-state index contributed by atoms with van der Waals surface area (Å²) in [5, 5.41) is 2.93. The third-order valence-corrected chi connectivity index (χ3v) is 4.91. The second-order valence-electron chi connectivity index (χ2n) is 5.63. The summed E-state index contributed by atoms with van der Waals surface area (Å²) in [6.45, 7) is 0. The molecule has 1 aromatic heterocycles. The Morgan fingerprint density at radius 3 is 2.20 bits per heavy atom. The lowest BCUT2D eigenvalue weighted by atomic mass is 10.0. The summed E-state index contributed by atoms with van der Waals surface area (Å²) >= 11 is 0. The van der Waals surface area contributed by atoms with Gasteiger partial charge in [0, 0.05) is 11.8 Å². The average molecular weight is 355 g/mol. The summed E-state index contributed by atoms with van der Waals surface area (Å²) in [6.07, 6.45) is 2.68. The van der Waals surface area contributed by atoms with Crippen LogP contribution in [0.4, 0.5) is 0 Å². The normalized spacial score (nSPS) is 12.5. The van der Waals surface area contributed by atoms with Gasteiger partial charge in [0.05, 0.1) is 11.2 Å². The Morgan fingerprint density at radius 1 is 0.960 bits per heavy atom. The predicted octanol–water partition coefficient (Wildman–Crippen LogP) is 3.20. The fourth-order valence-electron chi connectivity index (χ4n) is 2.49. The maximum Gasteiger partial charge on any atom is 0.252 e. The molecule has 0 aliphatic heterocycles. The lowest BCUT2D eigenvalue weighted by Gasteiger charge is -2.17. The second-order valence-corrected chi connectivity index (χ2v) is 7.64. The van der Waals surface area contributed by atoms with Gasteiger partial charge in [0.15, 0.2) is 9.84 Å². The molecule has 1 amide bonds. The Hall–Kier alpha value is -2.86.